The molecule has 2 atom stereocenters. The maximum atomic E-state index is 12.7. The summed E-state index contributed by atoms with van der Waals surface area (Å²) in [5.41, 5.74) is 3.84. The highest BCUT2D eigenvalue weighted by Crippen LogP contribution is 2.29. The van der Waals surface area contributed by atoms with E-state index in [1.807, 2.05) is 12.1 Å². The molecule has 29 heavy (non-hydrogen) atoms. The van der Waals surface area contributed by atoms with Gasteiger partial charge in [0.2, 0.25) is 0 Å². The monoisotopic (exact) mass is 393 g/mol. The summed E-state index contributed by atoms with van der Waals surface area (Å²) in [6, 6.07) is 16.9. The van der Waals surface area contributed by atoms with E-state index in [4.69, 9.17) is 4.74 Å². The average Bonchev–Trinajstić information content (AvgIpc) is 3.29. The summed E-state index contributed by atoms with van der Waals surface area (Å²) in [5.74, 6) is 0.857. The van der Waals surface area contributed by atoms with E-state index in [-0.39, 0.29) is 18.1 Å². The quantitative estimate of drug-likeness (QED) is 0.773. The molecule has 0 radical (unpaired) electrons. The highest BCUT2D eigenvalue weighted by molar-refractivity contribution is 5.74. The normalized spacial score (nSPS) is 20.0. The summed E-state index contributed by atoms with van der Waals surface area (Å²) >= 11 is 0. The number of hydrogen-bond donors (Lipinski definition) is 2. The van der Waals surface area contributed by atoms with Gasteiger partial charge < -0.3 is 15.4 Å². The van der Waals surface area contributed by atoms with E-state index in [1.54, 1.807) is 7.11 Å². The molecular weight excluding hydrogens is 362 g/mol. The number of carbonyl (C=O) groups is 1. The van der Waals surface area contributed by atoms with Gasteiger partial charge in [-0.1, -0.05) is 36.4 Å². The first-order chi connectivity index (χ1) is 14.2. The number of rotatable bonds is 6. The molecule has 0 spiro atoms. The first-order valence-electron chi connectivity index (χ1n) is 10.7. The van der Waals surface area contributed by atoms with E-state index in [0.717, 1.165) is 38.1 Å². The summed E-state index contributed by atoms with van der Waals surface area (Å²) < 4.78 is 5.29. The van der Waals surface area contributed by atoms with Crippen molar-refractivity contribution in [3.8, 4) is 5.75 Å². The SMILES string of the molecule is COc1ccc([C@H](CNC(=O)N[C@H]2CCCc3ccccc32)N2CCCC2)cc1. The molecule has 1 heterocycles. The van der Waals surface area contributed by atoms with Gasteiger partial charge in [-0.2, -0.15) is 0 Å². The fourth-order valence-corrected chi connectivity index (χ4v) is 4.64. The van der Waals surface area contributed by atoms with Gasteiger partial charge in [0.25, 0.3) is 0 Å². The second-order valence-electron chi connectivity index (χ2n) is 8.03. The van der Waals surface area contributed by atoms with Crippen molar-refractivity contribution in [2.24, 2.45) is 0 Å². The summed E-state index contributed by atoms with van der Waals surface area (Å²) in [4.78, 5) is 15.2. The lowest BCUT2D eigenvalue weighted by Gasteiger charge is -2.30. The Morgan fingerprint density at radius 2 is 1.86 bits per heavy atom. The predicted molar refractivity (Wildman–Crippen MR) is 115 cm³/mol. The van der Waals surface area contributed by atoms with Gasteiger partial charge in [-0.25, -0.2) is 4.79 Å². The van der Waals surface area contributed by atoms with Crippen LogP contribution in [0, 0.1) is 0 Å². The minimum absolute atomic E-state index is 0.0792. The molecule has 1 aliphatic carbocycles. The zero-order valence-corrected chi connectivity index (χ0v) is 17.2. The number of hydrogen-bond acceptors (Lipinski definition) is 3. The van der Waals surface area contributed by atoms with Crippen LogP contribution in [0.5, 0.6) is 5.75 Å². The fraction of sp³-hybridized carbons (Fsp3) is 0.458. The third-order valence-corrected chi connectivity index (χ3v) is 6.21. The van der Waals surface area contributed by atoms with Crippen LogP contribution < -0.4 is 15.4 Å². The minimum Gasteiger partial charge on any atom is -0.497 e. The number of fused-ring (bicyclic) bond motifs is 1. The number of likely N-dealkylation sites (tertiary alicyclic amines) is 1. The molecule has 5 heteroatoms. The number of urea groups is 1. The van der Waals surface area contributed by atoms with Crippen molar-refractivity contribution in [1.29, 1.82) is 0 Å². The van der Waals surface area contributed by atoms with Crippen molar-refractivity contribution in [2.45, 2.75) is 44.2 Å². The van der Waals surface area contributed by atoms with Gasteiger partial charge in [0.1, 0.15) is 5.75 Å². The van der Waals surface area contributed by atoms with Crippen LogP contribution in [0.3, 0.4) is 0 Å². The number of nitrogens with zero attached hydrogens (tertiary/aromatic N) is 1. The first kappa shape index (κ1) is 19.8. The van der Waals surface area contributed by atoms with Gasteiger partial charge in [0.05, 0.1) is 19.2 Å². The van der Waals surface area contributed by atoms with Crippen molar-refractivity contribution in [3.05, 3.63) is 65.2 Å². The zero-order valence-electron chi connectivity index (χ0n) is 17.2. The average molecular weight is 394 g/mol. The van der Waals surface area contributed by atoms with Crippen LogP contribution >= 0.6 is 0 Å². The molecule has 0 unspecified atom stereocenters. The molecule has 0 aromatic heterocycles. The lowest BCUT2D eigenvalue weighted by molar-refractivity contribution is 0.217. The van der Waals surface area contributed by atoms with Crippen LogP contribution in [0.25, 0.3) is 0 Å². The smallest absolute Gasteiger partial charge is 0.315 e. The Kier molecular flexibility index (Phi) is 6.35. The summed E-state index contributed by atoms with van der Waals surface area (Å²) in [5, 5.41) is 6.34. The number of methoxy groups -OCH3 is 1. The Balaban J connectivity index is 1.40. The van der Waals surface area contributed by atoms with Crippen LogP contribution in [0.4, 0.5) is 4.79 Å². The number of benzene rings is 2. The highest BCUT2D eigenvalue weighted by atomic mass is 16.5. The molecule has 1 aliphatic heterocycles. The maximum absolute atomic E-state index is 12.7. The van der Waals surface area contributed by atoms with Crippen LogP contribution in [-0.4, -0.2) is 37.7 Å². The van der Waals surface area contributed by atoms with E-state index in [1.165, 1.54) is 29.5 Å². The number of aryl methyl sites for hydroxylation is 1. The summed E-state index contributed by atoms with van der Waals surface area (Å²) in [6.07, 6.45) is 5.66. The zero-order chi connectivity index (χ0) is 20.1. The largest absolute Gasteiger partial charge is 0.497 e. The molecule has 0 saturated carbocycles. The first-order valence-corrected chi connectivity index (χ1v) is 10.7. The Hall–Kier alpha value is -2.53. The number of carbonyl (C=O) groups excluding carboxylic acids is 1. The summed E-state index contributed by atoms with van der Waals surface area (Å²) in [6.45, 7) is 2.76. The second kappa shape index (κ2) is 9.31. The molecule has 5 nitrogen and oxygen atoms in total. The van der Waals surface area contributed by atoms with Crippen LogP contribution in [0.1, 0.15) is 54.5 Å². The Morgan fingerprint density at radius 3 is 2.62 bits per heavy atom. The van der Waals surface area contributed by atoms with E-state index in [0.29, 0.717) is 6.54 Å². The van der Waals surface area contributed by atoms with Gasteiger partial charge in [-0.3, -0.25) is 4.90 Å². The number of ether oxygens (including phenoxy) is 1. The lowest BCUT2D eigenvalue weighted by Crippen LogP contribution is -2.43. The summed E-state index contributed by atoms with van der Waals surface area (Å²) in [7, 11) is 1.68. The van der Waals surface area contributed by atoms with Gasteiger partial charge in [-0.15, -0.1) is 0 Å². The van der Waals surface area contributed by atoms with Crippen molar-refractivity contribution in [1.82, 2.24) is 15.5 Å². The van der Waals surface area contributed by atoms with E-state index >= 15 is 0 Å². The number of amides is 2. The topological polar surface area (TPSA) is 53.6 Å². The maximum Gasteiger partial charge on any atom is 0.315 e. The van der Waals surface area contributed by atoms with Gasteiger partial charge in [-0.05, 0) is 74.0 Å². The molecule has 0 bridgehead atoms. The molecule has 2 aromatic carbocycles. The lowest BCUT2D eigenvalue weighted by atomic mass is 9.88. The molecule has 2 aromatic rings. The van der Waals surface area contributed by atoms with Gasteiger partial charge in [0.15, 0.2) is 0 Å². The third-order valence-electron chi connectivity index (χ3n) is 6.21. The Bertz CT molecular complexity index is 815. The predicted octanol–water partition coefficient (Wildman–Crippen LogP) is 4.21. The molecule has 1 fully saturated rings. The van der Waals surface area contributed by atoms with Crippen molar-refractivity contribution in [3.63, 3.8) is 0 Å². The van der Waals surface area contributed by atoms with E-state index in [2.05, 4.69) is 51.9 Å². The Labute approximate surface area is 173 Å². The molecule has 2 N–H and O–H groups in total. The second-order valence-corrected chi connectivity index (χ2v) is 8.03. The fourth-order valence-electron chi connectivity index (χ4n) is 4.64. The molecule has 2 aliphatic rings. The van der Waals surface area contributed by atoms with E-state index in [9.17, 15) is 4.79 Å². The Morgan fingerprint density at radius 1 is 1.10 bits per heavy atom. The third kappa shape index (κ3) is 4.73. The minimum atomic E-state index is -0.0792. The molecular formula is C24H31N3O2. The molecule has 1 saturated heterocycles. The molecule has 2 amide bonds. The standard InChI is InChI=1S/C24H31N3O2/c1-29-20-13-11-19(12-14-20)23(27-15-4-5-16-27)17-25-24(28)26-22-10-6-8-18-7-2-3-9-21(18)22/h2-3,7,9,11-14,22-23H,4-6,8,10,15-17H2,1H3,(H2,25,26,28)/t22-,23-/m0/s1. The van der Waals surface area contributed by atoms with E-state index < -0.39 is 0 Å². The van der Waals surface area contributed by atoms with Crippen molar-refractivity contribution in [2.75, 3.05) is 26.7 Å². The van der Waals surface area contributed by atoms with Gasteiger partial charge >= 0.3 is 6.03 Å². The van der Waals surface area contributed by atoms with Gasteiger partial charge in [0, 0.05) is 6.54 Å². The van der Waals surface area contributed by atoms with Crippen LogP contribution in [0.15, 0.2) is 48.5 Å². The number of nitrogens with one attached hydrogen (secondary N) is 2. The molecule has 154 valence electrons. The highest BCUT2D eigenvalue weighted by Gasteiger charge is 2.25. The van der Waals surface area contributed by atoms with Crippen LogP contribution in [0.2, 0.25) is 0 Å². The van der Waals surface area contributed by atoms with Crippen molar-refractivity contribution < 1.29 is 9.53 Å². The van der Waals surface area contributed by atoms with Crippen molar-refractivity contribution >= 4 is 6.03 Å². The van der Waals surface area contributed by atoms with Crippen LogP contribution in [-0.2, 0) is 6.42 Å². The molecule has 4 rings (SSSR count).